The van der Waals surface area contributed by atoms with E-state index >= 15 is 0 Å². The van der Waals surface area contributed by atoms with Crippen LogP contribution in [-0.4, -0.2) is 34.4 Å². The van der Waals surface area contributed by atoms with Gasteiger partial charge < -0.3 is 5.32 Å². The molecule has 2 rings (SSSR count). The van der Waals surface area contributed by atoms with Crippen LogP contribution in [0.5, 0.6) is 0 Å². The van der Waals surface area contributed by atoms with Gasteiger partial charge in [0.15, 0.2) is 0 Å². The number of hydrazine groups is 1. The lowest BCUT2D eigenvalue weighted by Crippen LogP contribution is -2.47. The molecule has 1 aromatic rings. The lowest BCUT2D eigenvalue weighted by molar-refractivity contribution is 0.0938. The molecule has 1 unspecified atom stereocenters. The van der Waals surface area contributed by atoms with Gasteiger partial charge in [0.2, 0.25) is 5.96 Å². The van der Waals surface area contributed by atoms with Gasteiger partial charge in [-0.25, -0.2) is 9.98 Å². The minimum absolute atomic E-state index is 0.252. The van der Waals surface area contributed by atoms with E-state index in [1.165, 1.54) is 18.6 Å². The van der Waals surface area contributed by atoms with E-state index in [-0.39, 0.29) is 17.6 Å². The number of nitrogens with zero attached hydrogens (tertiary/aromatic N) is 3. The van der Waals surface area contributed by atoms with Crippen LogP contribution in [0.25, 0.3) is 0 Å². The second-order valence-electron chi connectivity index (χ2n) is 3.40. The Morgan fingerprint density at radius 1 is 1.56 bits per heavy atom. The number of hydrogen-bond donors (Lipinski definition) is 3. The molecule has 0 spiro atoms. The average molecular weight is 220 g/mol. The van der Waals surface area contributed by atoms with E-state index in [1.807, 2.05) is 6.92 Å². The minimum atomic E-state index is -0.350. The van der Waals surface area contributed by atoms with Crippen molar-refractivity contribution in [3.05, 3.63) is 24.3 Å². The predicted octanol–water partition coefficient (Wildman–Crippen LogP) is -0.941. The number of guanidine groups is 1. The monoisotopic (exact) mass is 220 g/mol. The molecular weight excluding hydrogens is 208 g/mol. The van der Waals surface area contributed by atoms with Crippen LogP contribution in [0.2, 0.25) is 0 Å². The van der Waals surface area contributed by atoms with E-state index in [1.54, 1.807) is 0 Å². The quantitative estimate of drug-likeness (QED) is 0.531. The van der Waals surface area contributed by atoms with Gasteiger partial charge in [-0.3, -0.25) is 20.6 Å². The summed E-state index contributed by atoms with van der Waals surface area (Å²) < 4.78 is 0. The van der Waals surface area contributed by atoms with Gasteiger partial charge in [0.1, 0.15) is 5.69 Å². The fourth-order valence-corrected chi connectivity index (χ4v) is 1.22. The first-order valence-corrected chi connectivity index (χ1v) is 4.89. The maximum Gasteiger partial charge on any atom is 0.289 e. The number of amides is 1. The molecule has 1 aliphatic heterocycles. The zero-order valence-corrected chi connectivity index (χ0v) is 8.77. The van der Waals surface area contributed by atoms with E-state index in [4.69, 9.17) is 0 Å². The molecule has 0 saturated carbocycles. The summed E-state index contributed by atoms with van der Waals surface area (Å²) in [5.41, 5.74) is 5.41. The van der Waals surface area contributed by atoms with Crippen molar-refractivity contribution in [1.82, 2.24) is 26.1 Å². The first kappa shape index (κ1) is 10.3. The van der Waals surface area contributed by atoms with Gasteiger partial charge in [-0.1, -0.05) is 0 Å². The Hall–Kier alpha value is -2.18. The number of rotatable bonds is 1. The van der Waals surface area contributed by atoms with E-state index in [0.29, 0.717) is 12.5 Å². The highest BCUT2D eigenvalue weighted by Crippen LogP contribution is 1.92. The first-order chi connectivity index (χ1) is 7.75. The second-order valence-corrected chi connectivity index (χ2v) is 3.40. The molecule has 1 atom stereocenters. The van der Waals surface area contributed by atoms with Crippen LogP contribution in [0.15, 0.2) is 23.6 Å². The van der Waals surface area contributed by atoms with E-state index < -0.39 is 0 Å². The van der Waals surface area contributed by atoms with Crippen LogP contribution in [0, 0.1) is 0 Å². The number of hydrogen-bond acceptors (Lipinski definition) is 6. The summed E-state index contributed by atoms with van der Waals surface area (Å²) in [4.78, 5) is 23.3. The van der Waals surface area contributed by atoms with Crippen molar-refractivity contribution in [3.63, 3.8) is 0 Å². The molecule has 7 heteroatoms. The highest BCUT2D eigenvalue weighted by atomic mass is 16.2. The Kier molecular flexibility index (Phi) is 2.95. The fraction of sp³-hybridized carbons (Fsp3) is 0.333. The zero-order valence-electron chi connectivity index (χ0n) is 8.77. The summed E-state index contributed by atoms with van der Waals surface area (Å²) in [6.07, 6.45) is 4.36. The van der Waals surface area contributed by atoms with Crippen LogP contribution in [0.4, 0.5) is 0 Å². The highest BCUT2D eigenvalue weighted by Gasteiger charge is 2.13. The maximum atomic E-state index is 11.5. The number of carbonyl (C=O) groups is 1. The van der Waals surface area contributed by atoms with Crippen LogP contribution < -0.4 is 16.2 Å². The van der Waals surface area contributed by atoms with Gasteiger partial charge in [0, 0.05) is 18.4 Å². The third-order valence-electron chi connectivity index (χ3n) is 2.00. The van der Waals surface area contributed by atoms with E-state index in [0.717, 1.165) is 0 Å². The molecule has 1 amide bonds. The van der Waals surface area contributed by atoms with E-state index in [2.05, 4.69) is 31.1 Å². The van der Waals surface area contributed by atoms with Crippen molar-refractivity contribution in [3.8, 4) is 0 Å². The summed E-state index contributed by atoms with van der Waals surface area (Å²) in [5.74, 6) is 0.210. The summed E-state index contributed by atoms with van der Waals surface area (Å²) in [5, 5.41) is 3.05. The molecule has 2 heterocycles. The summed E-state index contributed by atoms with van der Waals surface area (Å²) in [6, 6.07) is 0.288. The number of aromatic nitrogens is 2. The minimum Gasteiger partial charge on any atom is -0.351 e. The molecule has 1 aromatic heterocycles. The van der Waals surface area contributed by atoms with Crippen molar-refractivity contribution in [2.45, 2.75) is 13.0 Å². The molecule has 84 valence electrons. The zero-order chi connectivity index (χ0) is 11.4. The normalized spacial score (nSPS) is 18.6. The molecule has 3 N–H and O–H groups in total. The molecule has 0 bridgehead atoms. The van der Waals surface area contributed by atoms with Crippen molar-refractivity contribution in [2.75, 3.05) is 6.54 Å². The van der Waals surface area contributed by atoms with Crippen molar-refractivity contribution < 1.29 is 4.79 Å². The molecule has 0 aliphatic carbocycles. The second kappa shape index (κ2) is 4.56. The predicted molar refractivity (Wildman–Crippen MR) is 57.5 cm³/mol. The van der Waals surface area contributed by atoms with Crippen LogP contribution in [0.1, 0.15) is 17.4 Å². The summed E-state index contributed by atoms with van der Waals surface area (Å²) in [7, 11) is 0. The Bertz CT molecular complexity index is 404. The fourth-order valence-electron chi connectivity index (χ4n) is 1.22. The highest BCUT2D eigenvalue weighted by molar-refractivity contribution is 5.93. The van der Waals surface area contributed by atoms with Gasteiger partial charge >= 0.3 is 0 Å². The third-order valence-corrected chi connectivity index (χ3v) is 2.00. The number of nitrogens with one attached hydrogen (secondary N) is 3. The summed E-state index contributed by atoms with van der Waals surface area (Å²) in [6.45, 7) is 2.70. The molecule has 0 aromatic carbocycles. The molecule has 0 saturated heterocycles. The lowest BCUT2D eigenvalue weighted by atomic mass is 10.4. The van der Waals surface area contributed by atoms with Crippen molar-refractivity contribution >= 4 is 11.9 Å². The van der Waals surface area contributed by atoms with Gasteiger partial charge in [0.25, 0.3) is 5.91 Å². The van der Waals surface area contributed by atoms with Crippen molar-refractivity contribution in [2.24, 2.45) is 4.99 Å². The van der Waals surface area contributed by atoms with Gasteiger partial charge in [0.05, 0.1) is 12.7 Å². The Morgan fingerprint density at radius 2 is 2.44 bits per heavy atom. The van der Waals surface area contributed by atoms with Crippen molar-refractivity contribution in [1.29, 1.82) is 0 Å². The summed E-state index contributed by atoms with van der Waals surface area (Å²) >= 11 is 0. The SMILES string of the molecule is CC1CN=C(NNC(=O)c2cnccn2)N1. The number of aliphatic imine (C=N–C) groups is 1. The van der Waals surface area contributed by atoms with Gasteiger partial charge in [-0.05, 0) is 6.92 Å². The van der Waals surface area contributed by atoms with Crippen LogP contribution in [-0.2, 0) is 0 Å². The molecular formula is C9H12N6O. The molecule has 16 heavy (non-hydrogen) atoms. The van der Waals surface area contributed by atoms with Gasteiger partial charge in [-0.2, -0.15) is 0 Å². The number of carbonyl (C=O) groups excluding carboxylic acids is 1. The Balaban J connectivity index is 1.85. The van der Waals surface area contributed by atoms with Crippen LogP contribution in [0.3, 0.4) is 0 Å². The molecule has 0 fully saturated rings. The third kappa shape index (κ3) is 2.44. The molecule has 7 nitrogen and oxygen atoms in total. The molecule has 1 aliphatic rings. The lowest BCUT2D eigenvalue weighted by Gasteiger charge is -2.09. The standard InChI is InChI=1S/C9H12N6O/c1-6-4-12-9(13-6)15-14-8(16)7-5-10-2-3-11-7/h2-3,5-6H,4H2,1H3,(H,14,16)(H2,12,13,15). The van der Waals surface area contributed by atoms with Crippen LogP contribution >= 0.6 is 0 Å². The Morgan fingerprint density at radius 3 is 3.06 bits per heavy atom. The maximum absolute atomic E-state index is 11.5. The van der Waals surface area contributed by atoms with Gasteiger partial charge in [-0.15, -0.1) is 0 Å². The topological polar surface area (TPSA) is 91.3 Å². The first-order valence-electron chi connectivity index (χ1n) is 4.89. The Labute approximate surface area is 92.4 Å². The molecule has 0 radical (unpaired) electrons. The smallest absolute Gasteiger partial charge is 0.289 e. The largest absolute Gasteiger partial charge is 0.351 e. The average Bonchev–Trinajstić information content (AvgIpc) is 2.73. The van der Waals surface area contributed by atoms with E-state index in [9.17, 15) is 4.79 Å².